The molecule has 1 heterocycles. The molecule has 3 heteroatoms. The lowest BCUT2D eigenvalue weighted by atomic mass is 9.95. The minimum Gasteiger partial charge on any atom is -0.386 e. The largest absolute Gasteiger partial charge is 0.386 e. The Morgan fingerprint density at radius 2 is 1.27 bits per heavy atom. The van der Waals surface area contributed by atoms with E-state index in [0.717, 1.165) is 11.1 Å². The molecule has 3 aromatic rings. The van der Waals surface area contributed by atoms with E-state index in [1.54, 1.807) is 22.9 Å². The lowest BCUT2D eigenvalue weighted by Crippen LogP contribution is -2.28. The molecule has 0 aliphatic heterocycles. The molecular formula is C19H17NO2. The van der Waals surface area contributed by atoms with Crippen LogP contribution in [0.5, 0.6) is 0 Å². The molecule has 1 aromatic heterocycles. The van der Waals surface area contributed by atoms with Gasteiger partial charge in [-0.2, -0.15) is 0 Å². The first-order valence-corrected chi connectivity index (χ1v) is 7.22. The van der Waals surface area contributed by atoms with E-state index in [9.17, 15) is 9.90 Å². The normalized spacial score (nSPS) is 13.5. The van der Waals surface area contributed by atoms with Gasteiger partial charge in [0.05, 0.1) is 6.04 Å². The molecule has 0 radical (unpaired) electrons. The van der Waals surface area contributed by atoms with Crippen LogP contribution in [0.2, 0.25) is 0 Å². The van der Waals surface area contributed by atoms with E-state index in [4.69, 9.17) is 0 Å². The van der Waals surface area contributed by atoms with Crippen molar-refractivity contribution in [3.8, 4) is 0 Å². The second-order valence-electron chi connectivity index (χ2n) is 5.16. The van der Waals surface area contributed by atoms with Crippen molar-refractivity contribution in [2.24, 2.45) is 0 Å². The minimum atomic E-state index is -0.802. The van der Waals surface area contributed by atoms with Crippen LogP contribution in [0, 0.1) is 0 Å². The third-order valence-corrected chi connectivity index (χ3v) is 3.73. The van der Waals surface area contributed by atoms with Crippen molar-refractivity contribution < 1.29 is 5.11 Å². The molecule has 1 N–H and O–H groups in total. The van der Waals surface area contributed by atoms with Crippen LogP contribution in [0.15, 0.2) is 89.9 Å². The van der Waals surface area contributed by atoms with Crippen LogP contribution in [0.1, 0.15) is 23.3 Å². The number of aliphatic hydroxyl groups is 1. The Hall–Kier alpha value is -2.65. The summed E-state index contributed by atoms with van der Waals surface area (Å²) in [7, 11) is 0. The molecule has 2 atom stereocenters. The highest BCUT2D eigenvalue weighted by Crippen LogP contribution is 2.31. The molecule has 0 spiro atoms. The van der Waals surface area contributed by atoms with E-state index in [2.05, 4.69) is 0 Å². The maximum Gasteiger partial charge on any atom is 0.251 e. The predicted molar refractivity (Wildman–Crippen MR) is 86.7 cm³/mol. The summed E-state index contributed by atoms with van der Waals surface area (Å²) in [6.45, 7) is 0. The Kier molecular flexibility index (Phi) is 4.17. The predicted octanol–water partition coefficient (Wildman–Crippen LogP) is 3.17. The Labute approximate surface area is 129 Å². The number of nitrogens with zero attached hydrogens (tertiary/aromatic N) is 1. The highest BCUT2D eigenvalue weighted by Gasteiger charge is 2.24. The van der Waals surface area contributed by atoms with Gasteiger partial charge < -0.3 is 9.67 Å². The number of pyridine rings is 1. The Morgan fingerprint density at radius 1 is 0.727 bits per heavy atom. The summed E-state index contributed by atoms with van der Waals surface area (Å²) in [6, 6.07) is 23.6. The summed E-state index contributed by atoms with van der Waals surface area (Å²) in [5, 5.41) is 10.9. The topological polar surface area (TPSA) is 42.2 Å². The average Bonchev–Trinajstić information content (AvgIpc) is 2.58. The second kappa shape index (κ2) is 6.41. The molecule has 0 saturated heterocycles. The smallest absolute Gasteiger partial charge is 0.251 e. The van der Waals surface area contributed by atoms with Crippen LogP contribution in [-0.2, 0) is 0 Å². The minimum absolute atomic E-state index is 0.133. The lowest BCUT2D eigenvalue weighted by molar-refractivity contribution is 0.130. The van der Waals surface area contributed by atoms with Crippen molar-refractivity contribution in [2.45, 2.75) is 12.1 Å². The van der Waals surface area contributed by atoms with Gasteiger partial charge in [-0.1, -0.05) is 66.7 Å². The number of benzene rings is 2. The van der Waals surface area contributed by atoms with Crippen LogP contribution in [0.25, 0.3) is 0 Å². The van der Waals surface area contributed by atoms with Gasteiger partial charge in [-0.15, -0.1) is 0 Å². The van der Waals surface area contributed by atoms with Gasteiger partial charge in [-0.3, -0.25) is 4.79 Å². The molecule has 0 amide bonds. The summed E-state index contributed by atoms with van der Waals surface area (Å²) in [5.74, 6) is 0. The SMILES string of the molecule is O=c1ccccn1C(c1ccccc1)[C@@H](O)c1ccccc1. The Bertz CT molecular complexity index is 781. The van der Waals surface area contributed by atoms with Crippen LogP contribution in [0.3, 0.4) is 0 Å². The van der Waals surface area contributed by atoms with E-state index in [0.29, 0.717) is 0 Å². The fourth-order valence-corrected chi connectivity index (χ4v) is 2.65. The maximum absolute atomic E-state index is 12.2. The molecule has 1 unspecified atom stereocenters. The highest BCUT2D eigenvalue weighted by atomic mass is 16.3. The number of aliphatic hydroxyl groups excluding tert-OH is 1. The summed E-state index contributed by atoms with van der Waals surface area (Å²) in [5.41, 5.74) is 1.55. The molecule has 110 valence electrons. The van der Waals surface area contributed by atoms with Gasteiger partial charge in [0.25, 0.3) is 5.56 Å². The van der Waals surface area contributed by atoms with Crippen molar-refractivity contribution in [2.75, 3.05) is 0 Å². The summed E-state index contributed by atoms with van der Waals surface area (Å²) < 4.78 is 1.58. The van der Waals surface area contributed by atoms with Crippen molar-refractivity contribution in [1.82, 2.24) is 4.57 Å². The zero-order valence-electron chi connectivity index (χ0n) is 12.0. The van der Waals surface area contributed by atoms with Crippen LogP contribution in [-0.4, -0.2) is 9.67 Å². The molecule has 2 aromatic carbocycles. The zero-order valence-corrected chi connectivity index (χ0v) is 12.0. The molecule has 0 fully saturated rings. The first-order valence-electron chi connectivity index (χ1n) is 7.22. The van der Waals surface area contributed by atoms with Gasteiger partial charge in [-0.25, -0.2) is 0 Å². The molecule has 3 nitrogen and oxygen atoms in total. The Balaban J connectivity index is 2.12. The van der Waals surface area contributed by atoms with E-state index >= 15 is 0 Å². The van der Waals surface area contributed by atoms with Crippen LogP contribution in [0.4, 0.5) is 0 Å². The molecule has 0 aliphatic carbocycles. The quantitative estimate of drug-likeness (QED) is 0.802. The van der Waals surface area contributed by atoms with Gasteiger partial charge in [0.15, 0.2) is 0 Å². The average molecular weight is 291 g/mol. The molecule has 0 aliphatic rings. The van der Waals surface area contributed by atoms with Crippen molar-refractivity contribution in [1.29, 1.82) is 0 Å². The molecule has 3 rings (SSSR count). The fourth-order valence-electron chi connectivity index (χ4n) is 2.65. The van der Waals surface area contributed by atoms with Crippen LogP contribution < -0.4 is 5.56 Å². The highest BCUT2D eigenvalue weighted by molar-refractivity contribution is 5.27. The molecular weight excluding hydrogens is 274 g/mol. The first kappa shape index (κ1) is 14.3. The zero-order chi connectivity index (χ0) is 15.4. The van der Waals surface area contributed by atoms with Crippen molar-refractivity contribution in [3.05, 3.63) is 107 Å². The number of aromatic nitrogens is 1. The number of hydrogen-bond acceptors (Lipinski definition) is 2. The van der Waals surface area contributed by atoms with Gasteiger partial charge in [0.1, 0.15) is 6.10 Å². The third kappa shape index (κ3) is 2.85. The summed E-state index contributed by atoms with van der Waals surface area (Å²) in [4.78, 5) is 12.2. The first-order chi connectivity index (χ1) is 10.8. The number of rotatable bonds is 4. The van der Waals surface area contributed by atoms with E-state index in [1.807, 2.05) is 60.7 Å². The molecule has 0 saturated carbocycles. The summed E-state index contributed by atoms with van der Waals surface area (Å²) >= 11 is 0. The van der Waals surface area contributed by atoms with Crippen molar-refractivity contribution in [3.63, 3.8) is 0 Å². The lowest BCUT2D eigenvalue weighted by Gasteiger charge is -2.26. The van der Waals surface area contributed by atoms with Gasteiger partial charge in [0, 0.05) is 12.3 Å². The van der Waals surface area contributed by atoms with Crippen molar-refractivity contribution >= 4 is 0 Å². The van der Waals surface area contributed by atoms with Gasteiger partial charge in [-0.05, 0) is 17.2 Å². The third-order valence-electron chi connectivity index (χ3n) is 3.73. The van der Waals surface area contributed by atoms with E-state index < -0.39 is 12.1 Å². The fraction of sp³-hybridized carbons (Fsp3) is 0.105. The molecule has 0 bridgehead atoms. The summed E-state index contributed by atoms with van der Waals surface area (Å²) in [6.07, 6.45) is 0.912. The van der Waals surface area contributed by atoms with Gasteiger partial charge >= 0.3 is 0 Å². The Morgan fingerprint density at radius 3 is 1.86 bits per heavy atom. The van der Waals surface area contributed by atoms with E-state index in [-0.39, 0.29) is 5.56 Å². The number of hydrogen-bond donors (Lipinski definition) is 1. The van der Waals surface area contributed by atoms with E-state index in [1.165, 1.54) is 6.07 Å². The second-order valence-corrected chi connectivity index (χ2v) is 5.16. The maximum atomic E-state index is 12.2. The monoisotopic (exact) mass is 291 g/mol. The van der Waals surface area contributed by atoms with Crippen LogP contribution >= 0.6 is 0 Å². The molecule has 22 heavy (non-hydrogen) atoms. The standard InChI is InChI=1S/C19H17NO2/c21-17-13-7-8-14-20(17)18(15-9-3-1-4-10-15)19(22)16-11-5-2-6-12-16/h1-14,18-19,22H/t18?,19-/m0/s1. The van der Waals surface area contributed by atoms with Gasteiger partial charge in [0.2, 0.25) is 0 Å².